The lowest BCUT2D eigenvalue weighted by molar-refractivity contribution is 0.436. The highest BCUT2D eigenvalue weighted by molar-refractivity contribution is 7.73. The summed E-state index contributed by atoms with van der Waals surface area (Å²) >= 11 is -2.86. The molecule has 0 saturated carbocycles. The fourth-order valence-corrected chi connectivity index (χ4v) is 0.612. The van der Waals surface area contributed by atoms with Crippen LogP contribution in [0.1, 0.15) is 19.8 Å². The lowest BCUT2D eigenvalue weighted by atomic mass is 10.4. The summed E-state index contributed by atoms with van der Waals surface area (Å²) in [6.07, 6.45) is 3.94. The van der Waals surface area contributed by atoms with Gasteiger partial charge in [0.1, 0.15) is 0 Å². The topological polar surface area (TPSA) is 60.4 Å². The minimum Gasteiger partial charge on any atom is -0.750 e. The molecule has 5 heteroatoms. The van der Waals surface area contributed by atoms with Crippen molar-refractivity contribution in [3.05, 3.63) is 0 Å². The molecule has 0 fully saturated rings. The summed E-state index contributed by atoms with van der Waals surface area (Å²) in [5, 5.41) is 0. The molecule has 0 aliphatic heterocycles. The van der Waals surface area contributed by atoms with Gasteiger partial charge in [-0.05, 0) is 6.16 Å². The van der Waals surface area contributed by atoms with Crippen molar-refractivity contribution in [3.8, 4) is 0 Å². The molecule has 0 aliphatic rings. The van der Waals surface area contributed by atoms with Crippen LogP contribution in [0.25, 0.3) is 0 Å². The van der Waals surface area contributed by atoms with E-state index in [1.807, 2.05) is 0 Å². The number of unbranched alkanes of at least 4 members (excludes halogenated alkanes) is 1. The Morgan fingerprint density at radius 2 is 2.11 bits per heavy atom. The fraction of sp³-hybridized carbons (Fsp3) is 1.00. The Bertz CT molecular complexity index is 62.8. The van der Waals surface area contributed by atoms with Gasteiger partial charge in [-0.2, -0.15) is 0 Å². The molecule has 0 aromatic rings. The lowest BCUT2D eigenvalue weighted by Gasteiger charge is -1.83. The largest absolute Gasteiger partial charge is 0.750 e. The van der Waals surface area contributed by atoms with E-state index in [2.05, 4.69) is 16.2 Å². The summed E-state index contributed by atoms with van der Waals surface area (Å²) in [4.78, 5) is 0. The normalized spacial score (nSPS) is 11.6. The molecule has 0 aromatic carbocycles. The van der Waals surface area contributed by atoms with Gasteiger partial charge >= 0.3 is 0 Å². The predicted molar refractivity (Wildman–Crippen MR) is 41.0 cm³/mol. The van der Waals surface area contributed by atoms with Gasteiger partial charge in [0.25, 0.3) is 0 Å². The molecule has 3 nitrogen and oxygen atoms in total. The first-order valence-electron chi connectivity index (χ1n) is 2.63. The Hall–Kier alpha value is 0.500. The van der Waals surface area contributed by atoms with Crippen molar-refractivity contribution < 1.29 is 13.3 Å². The van der Waals surface area contributed by atoms with Crippen molar-refractivity contribution in [1.29, 1.82) is 0 Å². The Labute approximate surface area is 60.6 Å². The Balaban J connectivity index is 0. The molecule has 0 radical (unpaired) electrons. The van der Waals surface area contributed by atoms with Crippen molar-refractivity contribution in [2.45, 2.75) is 19.8 Å². The second kappa shape index (κ2) is 11.3. The molecule has 2 unspecified atom stereocenters. The molecule has 0 saturated heterocycles. The summed E-state index contributed by atoms with van der Waals surface area (Å²) in [5.74, 6) is 0. The van der Waals surface area contributed by atoms with E-state index < -0.39 is 11.4 Å². The highest BCUT2D eigenvalue weighted by atomic mass is 32.2. The zero-order valence-electron chi connectivity index (χ0n) is 5.37. The van der Waals surface area contributed by atoms with Gasteiger partial charge in [-0.25, -0.2) is 4.21 Å². The first-order chi connectivity index (χ1) is 4.15. The summed E-state index contributed by atoms with van der Waals surface area (Å²) in [6, 6.07) is 0. The van der Waals surface area contributed by atoms with E-state index in [-0.39, 0.29) is 0 Å². The molecular formula is C4H12O3PS-. The van der Waals surface area contributed by atoms with Crippen LogP contribution in [0.15, 0.2) is 0 Å². The number of rotatable bonds is 2. The van der Waals surface area contributed by atoms with E-state index in [1.165, 1.54) is 19.0 Å². The van der Waals surface area contributed by atoms with Crippen molar-refractivity contribution in [2.75, 3.05) is 6.16 Å². The van der Waals surface area contributed by atoms with Gasteiger partial charge in [0.15, 0.2) is 0 Å². The summed E-state index contributed by atoms with van der Waals surface area (Å²) < 4.78 is 24.1. The molecule has 0 bridgehead atoms. The van der Waals surface area contributed by atoms with E-state index >= 15 is 0 Å². The molecule has 58 valence electrons. The smallest absolute Gasteiger partial charge is 0.0814 e. The maximum absolute atomic E-state index is 8.56. The fourth-order valence-electron chi connectivity index (χ4n) is 0.204. The minimum absolute atomic E-state index is 1.26. The van der Waals surface area contributed by atoms with Crippen LogP contribution in [-0.4, -0.2) is 19.5 Å². The van der Waals surface area contributed by atoms with E-state index in [1.54, 1.807) is 0 Å². The van der Waals surface area contributed by atoms with Gasteiger partial charge < -0.3 is 9.11 Å². The van der Waals surface area contributed by atoms with Gasteiger partial charge in [0.05, 0.1) is 11.4 Å². The first-order valence-corrected chi connectivity index (χ1v) is 4.48. The third-order valence-corrected chi connectivity index (χ3v) is 0.966. The Kier molecular flexibility index (Phi) is 15.3. The maximum Gasteiger partial charge on any atom is 0.0814 e. The molecule has 0 aromatic heterocycles. The van der Waals surface area contributed by atoms with E-state index in [9.17, 15) is 0 Å². The van der Waals surface area contributed by atoms with Crippen LogP contribution in [0, 0.1) is 0 Å². The Morgan fingerprint density at radius 1 is 1.78 bits per heavy atom. The second-order valence-corrected chi connectivity index (χ2v) is 2.37. The number of hydrogen-bond donors (Lipinski definition) is 1. The minimum atomic E-state index is -2.86. The van der Waals surface area contributed by atoms with Crippen molar-refractivity contribution >= 4 is 20.6 Å². The average Bonchev–Trinajstić information content (AvgIpc) is 1.66. The standard InChI is InChI=1S/C4H11P.H2O3S/c1-2-3-4-5;1-4(2)3/h2-5H2,1H3;(H2,1,2,3)/p-1. The van der Waals surface area contributed by atoms with Crippen molar-refractivity contribution in [1.82, 2.24) is 0 Å². The molecule has 2 atom stereocenters. The predicted octanol–water partition coefficient (Wildman–Crippen LogP) is 1.00. The van der Waals surface area contributed by atoms with E-state index in [0.717, 1.165) is 0 Å². The molecule has 0 rings (SSSR count). The quantitative estimate of drug-likeness (QED) is 0.498. The zero-order chi connectivity index (χ0) is 7.70. The van der Waals surface area contributed by atoms with Crippen molar-refractivity contribution in [2.24, 2.45) is 0 Å². The molecule has 9 heavy (non-hydrogen) atoms. The van der Waals surface area contributed by atoms with Crippen LogP contribution in [0.4, 0.5) is 0 Å². The molecular weight excluding hydrogens is 159 g/mol. The van der Waals surface area contributed by atoms with Crippen LogP contribution in [0.5, 0.6) is 0 Å². The highest BCUT2D eigenvalue weighted by Crippen LogP contribution is 1.89. The zero-order valence-corrected chi connectivity index (χ0v) is 7.34. The third-order valence-electron chi connectivity index (χ3n) is 0.558. The maximum atomic E-state index is 8.56. The van der Waals surface area contributed by atoms with Gasteiger partial charge in [0, 0.05) is 0 Å². The monoisotopic (exact) mass is 171 g/mol. The van der Waals surface area contributed by atoms with Crippen LogP contribution >= 0.6 is 9.24 Å². The third kappa shape index (κ3) is 57.5. The molecule has 0 heterocycles. The lowest BCUT2D eigenvalue weighted by Crippen LogP contribution is -1.75. The van der Waals surface area contributed by atoms with Crippen LogP contribution < -0.4 is 0 Å². The highest BCUT2D eigenvalue weighted by Gasteiger charge is 1.68. The van der Waals surface area contributed by atoms with Gasteiger partial charge in [0.2, 0.25) is 0 Å². The molecule has 0 aliphatic carbocycles. The first kappa shape index (κ1) is 12.2. The van der Waals surface area contributed by atoms with Crippen LogP contribution in [0.3, 0.4) is 0 Å². The summed E-state index contributed by atoms with van der Waals surface area (Å²) in [7, 11) is 2.70. The van der Waals surface area contributed by atoms with Crippen LogP contribution in [-0.2, 0) is 11.4 Å². The van der Waals surface area contributed by atoms with E-state index in [0.29, 0.717) is 0 Å². The van der Waals surface area contributed by atoms with Gasteiger partial charge in [-0.15, -0.1) is 9.24 Å². The number of hydrogen-bond acceptors (Lipinski definition) is 2. The summed E-state index contributed by atoms with van der Waals surface area (Å²) in [5.41, 5.74) is 0. The average molecular weight is 171 g/mol. The Morgan fingerprint density at radius 3 is 2.11 bits per heavy atom. The van der Waals surface area contributed by atoms with E-state index in [4.69, 9.17) is 13.3 Å². The molecule has 1 N–H and O–H groups in total. The van der Waals surface area contributed by atoms with Crippen LogP contribution in [0.2, 0.25) is 0 Å². The SMILES string of the molecule is CCCCP.O=S([O-])O. The summed E-state index contributed by atoms with van der Waals surface area (Å²) in [6.45, 7) is 2.20. The van der Waals surface area contributed by atoms with Crippen molar-refractivity contribution in [3.63, 3.8) is 0 Å². The van der Waals surface area contributed by atoms with Gasteiger partial charge in [-0.1, -0.05) is 19.8 Å². The second-order valence-electron chi connectivity index (χ2n) is 1.36. The molecule has 0 amide bonds. The molecule has 0 spiro atoms. The van der Waals surface area contributed by atoms with Gasteiger partial charge in [-0.3, -0.25) is 0 Å².